The number of allylic oxidation sites excluding steroid dienone is 1. The lowest BCUT2D eigenvalue weighted by Gasteiger charge is -2.13. The van der Waals surface area contributed by atoms with Crippen LogP contribution in [0.4, 0.5) is 0 Å². The zero-order chi connectivity index (χ0) is 15.8. The smallest absolute Gasteiger partial charge is 0.320 e. The van der Waals surface area contributed by atoms with Crippen molar-refractivity contribution in [1.29, 1.82) is 0 Å². The Hall–Kier alpha value is -0.900. The first-order valence-corrected chi connectivity index (χ1v) is 8.23. The quantitative estimate of drug-likeness (QED) is 0.242. The molecule has 0 heterocycles. The lowest BCUT2D eigenvalue weighted by atomic mass is 10.1. The predicted molar refractivity (Wildman–Crippen MR) is 85.8 cm³/mol. The first-order chi connectivity index (χ1) is 10.3. The molecular formula is C17H34O4. The van der Waals surface area contributed by atoms with Crippen molar-refractivity contribution < 1.29 is 18.9 Å². The molecule has 0 saturated heterocycles. The molecule has 0 radical (unpaired) electrons. The van der Waals surface area contributed by atoms with Gasteiger partial charge in [-0.2, -0.15) is 0 Å². The fourth-order valence-electron chi connectivity index (χ4n) is 2.25. The highest BCUT2D eigenvalue weighted by Crippen LogP contribution is 2.17. The maximum absolute atomic E-state index is 5.35. The van der Waals surface area contributed by atoms with Crippen molar-refractivity contribution in [2.75, 3.05) is 28.1 Å². The first-order valence-electron chi connectivity index (χ1n) is 8.23. The number of hydrogen-bond donors (Lipinski definition) is 0. The van der Waals surface area contributed by atoms with Crippen LogP contribution in [0, 0.1) is 0 Å². The number of ether oxygens (including phenoxy) is 4. The lowest BCUT2D eigenvalue weighted by Crippen LogP contribution is -2.04. The van der Waals surface area contributed by atoms with Gasteiger partial charge in [0.05, 0.1) is 14.2 Å². The zero-order valence-corrected chi connectivity index (χ0v) is 14.4. The zero-order valence-electron chi connectivity index (χ0n) is 14.4. The van der Waals surface area contributed by atoms with E-state index >= 15 is 0 Å². The minimum atomic E-state index is 0.174. The molecule has 0 saturated carbocycles. The second-order valence-electron chi connectivity index (χ2n) is 5.25. The second kappa shape index (κ2) is 15.5. The molecule has 0 atom stereocenters. The highest BCUT2D eigenvalue weighted by Gasteiger charge is 2.09. The van der Waals surface area contributed by atoms with Crippen LogP contribution in [0.15, 0.2) is 11.7 Å². The van der Waals surface area contributed by atoms with Gasteiger partial charge in [-0.05, 0) is 6.42 Å². The van der Waals surface area contributed by atoms with Crippen LogP contribution < -0.4 is 0 Å². The molecule has 0 aromatic carbocycles. The minimum absolute atomic E-state index is 0.174. The van der Waals surface area contributed by atoms with E-state index in [1.807, 2.05) is 0 Å². The van der Waals surface area contributed by atoms with E-state index in [2.05, 4.69) is 6.92 Å². The number of methoxy groups -OCH3 is 3. The van der Waals surface area contributed by atoms with Crippen molar-refractivity contribution in [2.45, 2.75) is 71.1 Å². The molecule has 0 aromatic heterocycles. The van der Waals surface area contributed by atoms with Crippen molar-refractivity contribution in [3.8, 4) is 0 Å². The summed E-state index contributed by atoms with van der Waals surface area (Å²) in [5.74, 6) is 1.19. The molecule has 0 amide bonds. The molecule has 21 heavy (non-hydrogen) atoms. The molecule has 0 aliphatic heterocycles. The Labute approximate surface area is 130 Å². The lowest BCUT2D eigenvalue weighted by molar-refractivity contribution is -0.0570. The van der Waals surface area contributed by atoms with E-state index in [9.17, 15) is 0 Å². The summed E-state index contributed by atoms with van der Waals surface area (Å²) in [6.45, 7) is 2.43. The predicted octanol–water partition coefficient (Wildman–Crippen LogP) is 4.99. The Bertz CT molecular complexity index is 251. The second-order valence-corrected chi connectivity index (χ2v) is 5.25. The van der Waals surface area contributed by atoms with Gasteiger partial charge < -0.3 is 18.9 Å². The van der Waals surface area contributed by atoms with E-state index in [1.165, 1.54) is 51.4 Å². The van der Waals surface area contributed by atoms with Crippen LogP contribution in [-0.2, 0) is 18.9 Å². The Kier molecular flexibility index (Phi) is 14.8. The normalized spacial score (nSPS) is 12.0. The van der Waals surface area contributed by atoms with Crippen LogP contribution in [0.25, 0.3) is 0 Å². The molecule has 0 rings (SSSR count). The van der Waals surface area contributed by atoms with Crippen molar-refractivity contribution in [3.63, 3.8) is 0 Å². The summed E-state index contributed by atoms with van der Waals surface area (Å²) in [7, 11) is 4.82. The van der Waals surface area contributed by atoms with Crippen LogP contribution in [0.2, 0.25) is 0 Å². The summed E-state index contributed by atoms with van der Waals surface area (Å²) >= 11 is 0. The fourth-order valence-corrected chi connectivity index (χ4v) is 2.25. The molecule has 0 unspecified atom stereocenters. The van der Waals surface area contributed by atoms with Crippen molar-refractivity contribution >= 4 is 0 Å². The van der Waals surface area contributed by atoms with E-state index < -0.39 is 0 Å². The van der Waals surface area contributed by atoms with Gasteiger partial charge in [-0.25, -0.2) is 0 Å². The van der Waals surface area contributed by atoms with Crippen LogP contribution in [0.5, 0.6) is 0 Å². The van der Waals surface area contributed by atoms with Crippen molar-refractivity contribution in [1.82, 2.24) is 0 Å². The van der Waals surface area contributed by atoms with E-state index in [0.29, 0.717) is 5.95 Å². The molecular weight excluding hydrogens is 268 g/mol. The summed E-state index contributed by atoms with van der Waals surface area (Å²) in [5, 5.41) is 0. The number of unbranched alkanes of at least 4 members (excludes halogenated alkanes) is 8. The summed E-state index contributed by atoms with van der Waals surface area (Å²) in [6, 6.07) is 0. The van der Waals surface area contributed by atoms with Gasteiger partial charge in [-0.15, -0.1) is 0 Å². The maximum atomic E-state index is 5.35. The van der Waals surface area contributed by atoms with E-state index in [1.54, 1.807) is 21.3 Å². The van der Waals surface area contributed by atoms with Crippen LogP contribution in [0.1, 0.15) is 71.1 Å². The van der Waals surface area contributed by atoms with Crippen molar-refractivity contribution in [2.24, 2.45) is 0 Å². The Balaban J connectivity index is 3.73. The minimum Gasteiger partial charge on any atom is -0.494 e. The SMILES string of the molecule is CCCCCCCCCCCC(OC)=C(OC)OCOC. The highest BCUT2D eigenvalue weighted by molar-refractivity contribution is 4.94. The Morgan fingerprint density at radius 2 is 1.29 bits per heavy atom. The Morgan fingerprint density at radius 1 is 0.714 bits per heavy atom. The van der Waals surface area contributed by atoms with Gasteiger partial charge in [0.1, 0.15) is 0 Å². The van der Waals surface area contributed by atoms with Gasteiger partial charge in [-0.3, -0.25) is 0 Å². The molecule has 0 spiro atoms. The average Bonchev–Trinajstić information content (AvgIpc) is 2.51. The molecule has 0 bridgehead atoms. The van der Waals surface area contributed by atoms with Gasteiger partial charge in [-0.1, -0.05) is 58.3 Å². The molecule has 126 valence electrons. The van der Waals surface area contributed by atoms with Crippen LogP contribution in [0.3, 0.4) is 0 Å². The van der Waals surface area contributed by atoms with Gasteiger partial charge >= 0.3 is 5.95 Å². The standard InChI is InChI=1S/C17H34O4/c1-5-6-7-8-9-10-11-12-13-14-16(19-3)17(20-4)21-15-18-2/h5-15H2,1-4H3. The van der Waals surface area contributed by atoms with E-state index in [4.69, 9.17) is 18.9 Å². The molecule has 4 nitrogen and oxygen atoms in total. The molecule has 0 aliphatic rings. The molecule has 4 heteroatoms. The summed E-state index contributed by atoms with van der Waals surface area (Å²) < 4.78 is 20.7. The number of rotatable bonds is 15. The van der Waals surface area contributed by atoms with Gasteiger partial charge in [0.2, 0.25) is 0 Å². The maximum Gasteiger partial charge on any atom is 0.320 e. The third-order valence-electron chi connectivity index (χ3n) is 3.47. The van der Waals surface area contributed by atoms with Crippen LogP contribution in [-0.4, -0.2) is 28.1 Å². The topological polar surface area (TPSA) is 36.9 Å². The largest absolute Gasteiger partial charge is 0.494 e. The third kappa shape index (κ3) is 11.4. The molecule has 0 N–H and O–H groups in total. The summed E-state index contributed by atoms with van der Waals surface area (Å²) in [6.07, 6.45) is 12.6. The number of hydrogen-bond acceptors (Lipinski definition) is 4. The molecule has 0 fully saturated rings. The van der Waals surface area contributed by atoms with E-state index in [0.717, 1.165) is 18.6 Å². The summed E-state index contributed by atoms with van der Waals surface area (Å²) in [5.41, 5.74) is 0. The van der Waals surface area contributed by atoms with Gasteiger partial charge in [0.15, 0.2) is 12.6 Å². The highest BCUT2D eigenvalue weighted by atomic mass is 16.7. The molecule has 0 aromatic rings. The fraction of sp³-hybridized carbons (Fsp3) is 0.882. The van der Waals surface area contributed by atoms with Crippen molar-refractivity contribution in [3.05, 3.63) is 11.7 Å². The third-order valence-corrected chi connectivity index (χ3v) is 3.47. The van der Waals surface area contributed by atoms with Gasteiger partial charge in [0, 0.05) is 13.5 Å². The first kappa shape index (κ1) is 20.1. The Morgan fingerprint density at radius 3 is 1.76 bits per heavy atom. The summed E-state index contributed by atoms with van der Waals surface area (Å²) in [4.78, 5) is 0. The monoisotopic (exact) mass is 302 g/mol. The van der Waals surface area contributed by atoms with Gasteiger partial charge in [0.25, 0.3) is 0 Å². The molecule has 0 aliphatic carbocycles. The van der Waals surface area contributed by atoms with E-state index in [-0.39, 0.29) is 6.79 Å². The van der Waals surface area contributed by atoms with Crippen LogP contribution >= 0.6 is 0 Å². The average molecular weight is 302 g/mol.